The molecule has 0 amide bonds. The van der Waals surface area contributed by atoms with E-state index in [4.69, 9.17) is 23.7 Å². The predicted octanol–water partition coefficient (Wildman–Crippen LogP) is 2.11. The van der Waals surface area contributed by atoms with Gasteiger partial charge < -0.3 is 59.4 Å². The van der Waals surface area contributed by atoms with E-state index in [0.717, 1.165) is 0 Å². The number of fused-ring (bicyclic) bond motifs is 8. The summed E-state index contributed by atoms with van der Waals surface area (Å²) in [6.07, 6.45) is -9.99. The first kappa shape index (κ1) is 43.1. The highest BCUT2D eigenvalue weighted by Crippen LogP contribution is 2.53. The fourth-order valence-corrected chi connectivity index (χ4v) is 10.8. The van der Waals surface area contributed by atoms with Crippen molar-refractivity contribution in [1.82, 2.24) is 0 Å². The lowest BCUT2D eigenvalue weighted by Gasteiger charge is -2.52. The van der Waals surface area contributed by atoms with Crippen LogP contribution in [0.25, 0.3) is 5.76 Å². The lowest BCUT2D eigenvalue weighted by molar-refractivity contribution is -0.207. The molecular formula is C45H46O18. The second-order valence-corrected chi connectivity index (χ2v) is 17.6. The minimum atomic E-state index is -2.02. The first-order valence-corrected chi connectivity index (χ1v) is 20.9. The Bertz CT molecular complexity index is 2490. The number of Topliss-reactive ketones (excluding diaryl/α,β-unsaturated/α-hetero) is 5. The van der Waals surface area contributed by atoms with Crippen molar-refractivity contribution >= 4 is 40.6 Å². The van der Waals surface area contributed by atoms with Crippen LogP contribution in [0, 0.1) is 0 Å². The van der Waals surface area contributed by atoms with E-state index in [1.807, 2.05) is 0 Å². The lowest BCUT2D eigenvalue weighted by Crippen LogP contribution is -2.66. The number of esters is 1. The third-order valence-corrected chi connectivity index (χ3v) is 13.7. The standard InChI is InChI=1S/C23H24O8.C22H22O10/c1-8(24)4-12-5-11-6-13-17(21(27)16(11)9(2)30-12)22(28)19-18(20(13)26)14-7-15(25)23(19,29)10(3)31-14;1-6-14-9(22-12(30-6)5-13(24)32-22)3-8-15(19(14)27)20(28)21(29)16(18(8)26)11-4-10(23)17(25)7(2)31-11/h6,9-10,12,14-15,25,27,29H,4-5,7H2,1-3H3;3,6-7,10-12,17,22-23,25-27H,4-5H2,1-2H3/t9-,10?,12-,14?,15?,23?;/m0./s1. The van der Waals surface area contributed by atoms with Crippen LogP contribution in [-0.2, 0) is 44.5 Å². The number of aliphatic hydroxyl groups is 5. The Labute approximate surface area is 358 Å². The highest BCUT2D eigenvalue weighted by Gasteiger charge is 2.62. The summed E-state index contributed by atoms with van der Waals surface area (Å²) in [5, 5.41) is 74.7. The third-order valence-electron chi connectivity index (χ3n) is 13.7. The molecule has 18 heteroatoms. The minimum absolute atomic E-state index is 0.0104. The van der Waals surface area contributed by atoms with Gasteiger partial charge in [0.25, 0.3) is 0 Å². The fraction of sp³-hybridized carbons (Fsp3) is 0.511. The Morgan fingerprint density at radius 2 is 1.40 bits per heavy atom. The summed E-state index contributed by atoms with van der Waals surface area (Å²) in [5.74, 6) is -5.20. The maximum Gasteiger partial charge on any atom is 0.309 e. The molecule has 7 N–H and O–H groups in total. The molecule has 18 nitrogen and oxygen atoms in total. The third kappa shape index (κ3) is 6.29. The van der Waals surface area contributed by atoms with Crippen LogP contribution in [0.1, 0.15) is 138 Å². The summed E-state index contributed by atoms with van der Waals surface area (Å²) >= 11 is 0. The van der Waals surface area contributed by atoms with E-state index in [1.54, 1.807) is 26.8 Å². The summed E-state index contributed by atoms with van der Waals surface area (Å²) in [6.45, 7) is 7.88. The Hall–Kier alpha value is -5.18. The normalized spacial score (nSPS) is 36.4. The maximum atomic E-state index is 13.5. The van der Waals surface area contributed by atoms with Gasteiger partial charge in [-0.15, -0.1) is 0 Å². The largest absolute Gasteiger partial charge is 0.507 e. The summed E-state index contributed by atoms with van der Waals surface area (Å²) in [4.78, 5) is 76.2. The van der Waals surface area contributed by atoms with Crippen LogP contribution in [0.4, 0.5) is 0 Å². The maximum absolute atomic E-state index is 13.5. The second-order valence-electron chi connectivity index (χ2n) is 17.6. The molecule has 0 radical (unpaired) electrons. The monoisotopic (exact) mass is 874 g/mol. The van der Waals surface area contributed by atoms with Crippen LogP contribution in [0.15, 0.2) is 28.9 Å². The van der Waals surface area contributed by atoms with E-state index in [-0.39, 0.29) is 87.9 Å². The van der Waals surface area contributed by atoms with Crippen molar-refractivity contribution in [3.05, 3.63) is 73.4 Å². The number of ketones is 5. The molecule has 334 valence electrons. The molecule has 0 aromatic heterocycles. The van der Waals surface area contributed by atoms with E-state index >= 15 is 0 Å². The van der Waals surface area contributed by atoms with Crippen molar-refractivity contribution in [3.8, 4) is 11.5 Å². The van der Waals surface area contributed by atoms with Crippen molar-refractivity contribution in [2.75, 3.05) is 0 Å². The van der Waals surface area contributed by atoms with Gasteiger partial charge in [-0.25, -0.2) is 0 Å². The summed E-state index contributed by atoms with van der Waals surface area (Å²) in [5.41, 5.74) is -1.40. The molecule has 0 saturated carbocycles. The molecule has 6 aliphatic heterocycles. The SMILES string of the molecule is CC(=O)C[C@H]1Cc2cc3c(c(O)c2[C@H](C)O1)C(=O)C1=C(C3=O)C2CC(O)C1(O)C(C)O2.CC1OC2CC(=O)OC2c2cc3c(c(O)c21)C(=O)C(=O)C(C1CC(O)C(O)C(C)O1)=C3O. The molecule has 2 aromatic carbocycles. The topological polar surface area (TPSA) is 290 Å². The zero-order chi connectivity index (χ0) is 45.5. The van der Waals surface area contributed by atoms with Crippen molar-refractivity contribution in [3.63, 3.8) is 0 Å². The van der Waals surface area contributed by atoms with Crippen LogP contribution in [0.3, 0.4) is 0 Å². The number of carbonyl (C=O) groups excluding carboxylic acids is 6. The van der Waals surface area contributed by atoms with Gasteiger partial charge in [0.1, 0.15) is 40.9 Å². The summed E-state index contributed by atoms with van der Waals surface area (Å²) < 4.78 is 28.3. The van der Waals surface area contributed by atoms with E-state index in [2.05, 4.69) is 0 Å². The Morgan fingerprint density at radius 1 is 0.746 bits per heavy atom. The molecule has 0 spiro atoms. The molecule has 6 heterocycles. The van der Waals surface area contributed by atoms with Gasteiger partial charge in [0.2, 0.25) is 11.6 Å². The van der Waals surface area contributed by atoms with Gasteiger partial charge >= 0.3 is 5.97 Å². The first-order valence-electron chi connectivity index (χ1n) is 20.9. The van der Waals surface area contributed by atoms with Crippen molar-refractivity contribution in [2.24, 2.45) is 0 Å². The molecule has 2 aromatic rings. The number of phenols is 2. The highest BCUT2D eigenvalue weighted by molar-refractivity contribution is 6.53. The number of hydrogen-bond donors (Lipinski definition) is 7. The van der Waals surface area contributed by atoms with Gasteiger partial charge in [0.05, 0.1) is 78.1 Å². The molecule has 11 rings (SSSR count). The van der Waals surface area contributed by atoms with E-state index in [9.17, 15) is 64.5 Å². The molecule has 63 heavy (non-hydrogen) atoms. The number of aliphatic hydroxyl groups excluding tert-OH is 4. The van der Waals surface area contributed by atoms with Crippen molar-refractivity contribution in [1.29, 1.82) is 0 Å². The van der Waals surface area contributed by atoms with Crippen LogP contribution in [0.2, 0.25) is 0 Å². The lowest BCUT2D eigenvalue weighted by atomic mass is 9.63. The van der Waals surface area contributed by atoms with Gasteiger partial charge in [0.15, 0.2) is 17.7 Å². The molecular weight excluding hydrogens is 828 g/mol. The number of rotatable bonds is 3. The van der Waals surface area contributed by atoms with E-state index < -0.39 is 113 Å². The van der Waals surface area contributed by atoms with Crippen molar-refractivity contribution < 1.29 is 88.2 Å². The van der Waals surface area contributed by atoms with Gasteiger partial charge in [-0.3, -0.25) is 28.8 Å². The number of benzene rings is 2. The number of phenolic OH excluding ortho intramolecular Hbond substituents is 2. The number of aromatic hydroxyl groups is 2. The molecule has 9 aliphatic rings. The highest BCUT2D eigenvalue weighted by atomic mass is 16.6. The Kier molecular flexibility index (Phi) is 10.2. The Morgan fingerprint density at radius 3 is 2.06 bits per heavy atom. The smallest absolute Gasteiger partial charge is 0.309 e. The van der Waals surface area contributed by atoms with E-state index in [1.165, 1.54) is 19.9 Å². The van der Waals surface area contributed by atoms with Crippen LogP contribution < -0.4 is 0 Å². The van der Waals surface area contributed by atoms with Crippen molar-refractivity contribution in [2.45, 2.75) is 146 Å². The summed E-state index contributed by atoms with van der Waals surface area (Å²) in [7, 11) is 0. The molecule has 11 unspecified atom stereocenters. The average molecular weight is 875 g/mol. The molecule has 3 aliphatic carbocycles. The van der Waals surface area contributed by atoms with Crippen LogP contribution in [0.5, 0.6) is 11.5 Å². The van der Waals surface area contributed by atoms with Crippen LogP contribution >= 0.6 is 0 Å². The second kappa shape index (κ2) is 15.0. The number of carbonyl (C=O) groups is 6. The quantitative estimate of drug-likeness (QED) is 0.172. The zero-order valence-electron chi connectivity index (χ0n) is 34.7. The van der Waals surface area contributed by atoms with Gasteiger partial charge in [-0.1, -0.05) is 0 Å². The van der Waals surface area contributed by atoms with E-state index in [0.29, 0.717) is 23.1 Å². The number of hydrogen-bond acceptors (Lipinski definition) is 18. The fourth-order valence-electron chi connectivity index (χ4n) is 10.8. The first-order chi connectivity index (χ1) is 29.6. The zero-order valence-corrected chi connectivity index (χ0v) is 34.7. The minimum Gasteiger partial charge on any atom is -0.507 e. The number of ether oxygens (including phenoxy) is 5. The van der Waals surface area contributed by atoms with Gasteiger partial charge in [0, 0.05) is 58.2 Å². The van der Waals surface area contributed by atoms with Gasteiger partial charge in [-0.2, -0.15) is 0 Å². The summed E-state index contributed by atoms with van der Waals surface area (Å²) in [6, 6.07) is 3.02. The molecule has 3 saturated heterocycles. The predicted molar refractivity (Wildman–Crippen MR) is 211 cm³/mol. The molecule has 2 bridgehead atoms. The molecule has 13 atom stereocenters. The average Bonchev–Trinajstić information content (AvgIpc) is 3.58. The van der Waals surface area contributed by atoms with Crippen LogP contribution in [-0.4, -0.2) is 131 Å². The van der Waals surface area contributed by atoms with Gasteiger partial charge in [-0.05, 0) is 58.7 Å². The molecule has 3 fully saturated rings. The Balaban J connectivity index is 0.000000160.